The van der Waals surface area contributed by atoms with Crippen LogP contribution in [-0.4, -0.2) is 6.26 Å². The maximum absolute atomic E-state index is 8.82. The van der Waals surface area contributed by atoms with Crippen LogP contribution in [-0.2, 0) is 0 Å². The summed E-state index contributed by atoms with van der Waals surface area (Å²) in [6.07, 6.45) is 1.87. The Morgan fingerprint density at radius 1 is 1.19 bits per heavy atom. The SMILES string of the molecule is CSC(Sc1ccccc1C)=C(C#N)C#N. The van der Waals surface area contributed by atoms with E-state index in [1.165, 1.54) is 23.5 Å². The van der Waals surface area contributed by atoms with Crippen molar-refractivity contribution >= 4 is 23.5 Å². The first-order chi connectivity index (χ1) is 7.72. The summed E-state index contributed by atoms with van der Waals surface area (Å²) < 4.78 is 0.749. The first-order valence-corrected chi connectivity index (χ1v) is 6.59. The van der Waals surface area contributed by atoms with Gasteiger partial charge in [0, 0.05) is 4.90 Å². The van der Waals surface area contributed by atoms with Crippen molar-refractivity contribution < 1.29 is 0 Å². The summed E-state index contributed by atoms with van der Waals surface area (Å²) in [4.78, 5) is 1.08. The van der Waals surface area contributed by atoms with E-state index >= 15 is 0 Å². The minimum atomic E-state index is 0.181. The van der Waals surface area contributed by atoms with Crippen molar-refractivity contribution in [2.45, 2.75) is 11.8 Å². The van der Waals surface area contributed by atoms with Crippen molar-refractivity contribution in [3.05, 3.63) is 39.6 Å². The third-order valence-electron chi connectivity index (χ3n) is 1.91. The molecule has 0 aliphatic heterocycles. The second-order valence-corrected chi connectivity index (χ2v) is 5.08. The van der Waals surface area contributed by atoms with Crippen LogP contribution in [0, 0.1) is 29.6 Å². The fraction of sp³-hybridized carbons (Fsp3) is 0.167. The van der Waals surface area contributed by atoms with Gasteiger partial charge in [-0.25, -0.2) is 0 Å². The summed E-state index contributed by atoms with van der Waals surface area (Å²) in [6, 6.07) is 11.8. The molecule has 0 aromatic heterocycles. The second kappa shape index (κ2) is 6.27. The molecule has 0 bridgehead atoms. The summed E-state index contributed by atoms with van der Waals surface area (Å²) in [5.41, 5.74) is 1.33. The van der Waals surface area contributed by atoms with Gasteiger partial charge >= 0.3 is 0 Å². The average molecular weight is 246 g/mol. The van der Waals surface area contributed by atoms with Crippen LogP contribution in [0.25, 0.3) is 0 Å². The zero-order valence-electron chi connectivity index (χ0n) is 9.02. The molecule has 0 unspecified atom stereocenters. The lowest BCUT2D eigenvalue weighted by Gasteiger charge is -2.06. The maximum atomic E-state index is 8.82. The molecule has 0 aliphatic rings. The third kappa shape index (κ3) is 3.06. The monoisotopic (exact) mass is 246 g/mol. The number of nitrogens with zero attached hydrogens (tertiary/aromatic N) is 2. The fourth-order valence-electron chi connectivity index (χ4n) is 1.08. The molecule has 1 rings (SSSR count). The van der Waals surface area contributed by atoms with Crippen molar-refractivity contribution in [1.29, 1.82) is 10.5 Å². The maximum Gasteiger partial charge on any atom is 0.149 e. The molecule has 0 radical (unpaired) electrons. The zero-order chi connectivity index (χ0) is 12.0. The average Bonchev–Trinajstić information content (AvgIpc) is 2.31. The zero-order valence-corrected chi connectivity index (χ0v) is 10.7. The van der Waals surface area contributed by atoms with Crippen molar-refractivity contribution in [2.24, 2.45) is 0 Å². The Labute approximate surface area is 104 Å². The van der Waals surface area contributed by atoms with E-state index in [0.717, 1.165) is 14.7 Å². The molecule has 1 aromatic rings. The van der Waals surface area contributed by atoms with Gasteiger partial charge in [-0.1, -0.05) is 30.0 Å². The van der Waals surface area contributed by atoms with Gasteiger partial charge in [-0.05, 0) is 24.8 Å². The molecule has 0 saturated carbocycles. The highest BCUT2D eigenvalue weighted by molar-refractivity contribution is 8.22. The number of rotatable bonds is 3. The van der Waals surface area contributed by atoms with Crippen LogP contribution in [0.3, 0.4) is 0 Å². The first-order valence-electron chi connectivity index (χ1n) is 4.55. The largest absolute Gasteiger partial charge is 0.192 e. The molecule has 0 amide bonds. The van der Waals surface area contributed by atoms with Crippen molar-refractivity contribution in [3.63, 3.8) is 0 Å². The number of hydrogen-bond donors (Lipinski definition) is 0. The smallest absolute Gasteiger partial charge is 0.149 e. The Balaban J connectivity index is 3.06. The van der Waals surface area contributed by atoms with Crippen LogP contribution >= 0.6 is 23.5 Å². The highest BCUT2D eigenvalue weighted by Gasteiger charge is 2.08. The van der Waals surface area contributed by atoms with E-state index < -0.39 is 0 Å². The van der Waals surface area contributed by atoms with Gasteiger partial charge in [0.2, 0.25) is 0 Å². The van der Waals surface area contributed by atoms with E-state index in [1.54, 1.807) is 0 Å². The lowest BCUT2D eigenvalue weighted by atomic mass is 10.2. The Hall–Kier alpha value is -1.36. The minimum Gasteiger partial charge on any atom is -0.192 e. The molecule has 0 saturated heterocycles. The number of aryl methyl sites for hydroxylation is 1. The second-order valence-electron chi connectivity index (χ2n) is 2.96. The van der Waals surface area contributed by atoms with Crippen LogP contribution < -0.4 is 0 Å². The predicted molar refractivity (Wildman–Crippen MR) is 68.8 cm³/mol. The number of allylic oxidation sites excluding steroid dienone is 1. The molecule has 0 heterocycles. The lowest BCUT2D eigenvalue weighted by Crippen LogP contribution is -1.82. The Kier molecular flexibility index (Phi) is 4.98. The highest BCUT2D eigenvalue weighted by Crippen LogP contribution is 2.36. The standard InChI is InChI=1S/C12H10N2S2/c1-9-5-3-4-6-11(9)16-12(15-2)10(7-13)8-14/h3-6H,1-2H3. The Morgan fingerprint density at radius 3 is 2.31 bits per heavy atom. The molecule has 0 fully saturated rings. The molecule has 0 atom stereocenters. The summed E-state index contributed by atoms with van der Waals surface area (Å²) >= 11 is 2.90. The van der Waals surface area contributed by atoms with Crippen LogP contribution in [0.1, 0.15) is 5.56 Å². The van der Waals surface area contributed by atoms with E-state index in [1.807, 2.05) is 49.6 Å². The fourth-order valence-corrected chi connectivity index (χ4v) is 2.75. The van der Waals surface area contributed by atoms with Crippen LogP contribution in [0.5, 0.6) is 0 Å². The van der Waals surface area contributed by atoms with E-state index in [0.29, 0.717) is 0 Å². The van der Waals surface area contributed by atoms with Gasteiger partial charge in [-0.3, -0.25) is 0 Å². The molecular formula is C12H10N2S2. The number of thioether (sulfide) groups is 2. The third-order valence-corrected chi connectivity index (χ3v) is 4.30. The van der Waals surface area contributed by atoms with Crippen LogP contribution in [0.4, 0.5) is 0 Å². The normalized spacial score (nSPS) is 9.00. The van der Waals surface area contributed by atoms with E-state index in [-0.39, 0.29) is 5.57 Å². The molecule has 0 spiro atoms. The van der Waals surface area contributed by atoms with Gasteiger partial charge in [0.1, 0.15) is 17.7 Å². The van der Waals surface area contributed by atoms with Crippen molar-refractivity contribution in [3.8, 4) is 12.1 Å². The molecule has 4 heteroatoms. The van der Waals surface area contributed by atoms with Crippen LogP contribution in [0.15, 0.2) is 39.0 Å². The van der Waals surface area contributed by atoms with Crippen LogP contribution in [0.2, 0.25) is 0 Å². The number of benzene rings is 1. The quantitative estimate of drug-likeness (QED) is 0.602. The lowest BCUT2D eigenvalue weighted by molar-refractivity contribution is 1.31. The van der Waals surface area contributed by atoms with Gasteiger partial charge in [-0.2, -0.15) is 10.5 Å². The molecule has 80 valence electrons. The Morgan fingerprint density at radius 2 is 1.81 bits per heavy atom. The molecule has 2 nitrogen and oxygen atoms in total. The molecule has 1 aromatic carbocycles. The highest BCUT2D eigenvalue weighted by atomic mass is 32.2. The van der Waals surface area contributed by atoms with E-state index in [9.17, 15) is 0 Å². The summed E-state index contributed by atoms with van der Waals surface area (Å²) in [6.45, 7) is 2.01. The van der Waals surface area contributed by atoms with Gasteiger partial charge in [0.25, 0.3) is 0 Å². The Bertz CT molecular complexity index is 476. The van der Waals surface area contributed by atoms with Gasteiger partial charge < -0.3 is 0 Å². The van der Waals surface area contributed by atoms with E-state index in [4.69, 9.17) is 10.5 Å². The molecule has 0 N–H and O–H groups in total. The summed E-state index contributed by atoms with van der Waals surface area (Å²) in [5.74, 6) is 0. The van der Waals surface area contributed by atoms with E-state index in [2.05, 4.69) is 0 Å². The summed E-state index contributed by atoms with van der Waals surface area (Å²) in [7, 11) is 0. The molecule has 16 heavy (non-hydrogen) atoms. The number of hydrogen-bond acceptors (Lipinski definition) is 4. The molecular weight excluding hydrogens is 236 g/mol. The summed E-state index contributed by atoms with van der Waals surface area (Å²) in [5, 5.41) is 17.6. The van der Waals surface area contributed by atoms with Gasteiger partial charge in [0.05, 0.1) is 4.24 Å². The van der Waals surface area contributed by atoms with Crippen molar-refractivity contribution in [1.82, 2.24) is 0 Å². The number of nitriles is 2. The van der Waals surface area contributed by atoms with Gasteiger partial charge in [0.15, 0.2) is 0 Å². The van der Waals surface area contributed by atoms with Crippen molar-refractivity contribution in [2.75, 3.05) is 6.26 Å². The first kappa shape index (κ1) is 12.7. The topological polar surface area (TPSA) is 47.6 Å². The van der Waals surface area contributed by atoms with Gasteiger partial charge in [-0.15, -0.1) is 11.8 Å². The minimum absolute atomic E-state index is 0.181. The predicted octanol–water partition coefficient (Wildman–Crippen LogP) is 3.71. The molecule has 0 aliphatic carbocycles.